The van der Waals surface area contributed by atoms with E-state index in [1.807, 2.05) is 36.4 Å². The van der Waals surface area contributed by atoms with Crippen molar-refractivity contribution < 1.29 is 9.90 Å². The summed E-state index contributed by atoms with van der Waals surface area (Å²) in [5.41, 5.74) is 4.17. The summed E-state index contributed by atoms with van der Waals surface area (Å²) in [5, 5.41) is 16.3. The Morgan fingerprint density at radius 1 is 1.21 bits per heavy atom. The molecular weight excluding hydrogens is 324 g/mol. The first-order valence-electron chi connectivity index (χ1n) is 8.20. The standard InChI is InChI=1S/C19H21ClN2O2/c20-15-7-4-13(5-8-15)10-11-21-19(24)22-18-3-1-2-14-6-9-16(23)12-17(14)18/h1-5,7-8,16,23H,6,9-12H2,(H2,21,22,24)/t16-/m0/s1. The number of benzene rings is 2. The van der Waals surface area contributed by atoms with Crippen LogP contribution in [0.1, 0.15) is 23.1 Å². The van der Waals surface area contributed by atoms with Crippen LogP contribution in [0.2, 0.25) is 5.02 Å². The summed E-state index contributed by atoms with van der Waals surface area (Å²) in [5.74, 6) is 0. The predicted molar refractivity (Wildman–Crippen MR) is 96.7 cm³/mol. The Morgan fingerprint density at radius 3 is 2.79 bits per heavy atom. The van der Waals surface area contributed by atoms with Crippen molar-refractivity contribution in [2.75, 3.05) is 11.9 Å². The fraction of sp³-hybridized carbons (Fsp3) is 0.316. The lowest BCUT2D eigenvalue weighted by atomic mass is 9.88. The van der Waals surface area contributed by atoms with E-state index >= 15 is 0 Å². The summed E-state index contributed by atoms with van der Waals surface area (Å²) < 4.78 is 0. The second-order valence-corrected chi connectivity index (χ2v) is 6.53. The van der Waals surface area contributed by atoms with Gasteiger partial charge in [-0.3, -0.25) is 0 Å². The third kappa shape index (κ3) is 4.28. The number of carbonyl (C=O) groups excluding carboxylic acids is 1. The maximum absolute atomic E-state index is 12.1. The lowest BCUT2D eigenvalue weighted by Gasteiger charge is -2.23. The van der Waals surface area contributed by atoms with E-state index in [0.29, 0.717) is 18.0 Å². The molecule has 5 heteroatoms. The van der Waals surface area contributed by atoms with Crippen LogP contribution < -0.4 is 10.6 Å². The van der Waals surface area contributed by atoms with E-state index in [1.165, 1.54) is 5.56 Å². The Bertz CT molecular complexity index is 716. The van der Waals surface area contributed by atoms with Crippen LogP contribution in [0.5, 0.6) is 0 Å². The highest BCUT2D eigenvalue weighted by molar-refractivity contribution is 6.30. The van der Waals surface area contributed by atoms with Gasteiger partial charge in [0.1, 0.15) is 0 Å². The molecule has 2 aromatic rings. The number of aryl methyl sites for hydroxylation is 1. The molecule has 126 valence electrons. The van der Waals surface area contributed by atoms with Gasteiger partial charge < -0.3 is 15.7 Å². The van der Waals surface area contributed by atoms with Gasteiger partial charge in [-0.25, -0.2) is 4.79 Å². The minimum atomic E-state index is -0.326. The van der Waals surface area contributed by atoms with Crippen LogP contribution >= 0.6 is 11.6 Å². The van der Waals surface area contributed by atoms with Crippen LogP contribution in [-0.4, -0.2) is 23.8 Å². The maximum Gasteiger partial charge on any atom is 0.319 e. The zero-order valence-electron chi connectivity index (χ0n) is 13.4. The molecule has 1 aliphatic carbocycles. The molecule has 0 aromatic heterocycles. The SMILES string of the molecule is O=C(NCCc1ccc(Cl)cc1)Nc1cccc2c1C[C@@H](O)CC2. The molecule has 0 fully saturated rings. The Balaban J connectivity index is 1.54. The minimum absolute atomic E-state index is 0.225. The van der Waals surface area contributed by atoms with E-state index in [-0.39, 0.29) is 12.1 Å². The zero-order valence-corrected chi connectivity index (χ0v) is 14.1. The van der Waals surface area contributed by atoms with Crippen molar-refractivity contribution in [1.82, 2.24) is 5.32 Å². The van der Waals surface area contributed by atoms with E-state index in [1.54, 1.807) is 0 Å². The average Bonchev–Trinajstić information content (AvgIpc) is 2.57. The Labute approximate surface area is 146 Å². The predicted octanol–water partition coefficient (Wildman–Crippen LogP) is 3.55. The molecule has 0 aliphatic heterocycles. The first kappa shape index (κ1) is 16.8. The second-order valence-electron chi connectivity index (χ2n) is 6.10. The van der Waals surface area contributed by atoms with Gasteiger partial charge in [-0.2, -0.15) is 0 Å². The number of carbonyl (C=O) groups is 1. The molecule has 0 saturated heterocycles. The Morgan fingerprint density at radius 2 is 2.00 bits per heavy atom. The highest BCUT2D eigenvalue weighted by Crippen LogP contribution is 2.28. The zero-order chi connectivity index (χ0) is 16.9. The number of rotatable bonds is 4. The summed E-state index contributed by atoms with van der Waals surface area (Å²) in [4.78, 5) is 12.1. The summed E-state index contributed by atoms with van der Waals surface area (Å²) in [6, 6.07) is 13.3. The molecule has 3 N–H and O–H groups in total. The normalized spacial score (nSPS) is 16.3. The summed E-state index contributed by atoms with van der Waals surface area (Å²) in [6.45, 7) is 0.547. The third-order valence-corrected chi connectivity index (χ3v) is 4.57. The Kier molecular flexibility index (Phi) is 5.38. The molecule has 2 amide bonds. The average molecular weight is 345 g/mol. The number of hydrogen-bond donors (Lipinski definition) is 3. The highest BCUT2D eigenvalue weighted by atomic mass is 35.5. The van der Waals surface area contributed by atoms with Gasteiger partial charge in [-0.15, -0.1) is 0 Å². The third-order valence-electron chi connectivity index (χ3n) is 4.32. The van der Waals surface area contributed by atoms with Crippen LogP contribution in [0.25, 0.3) is 0 Å². The quantitative estimate of drug-likeness (QED) is 0.794. The van der Waals surface area contributed by atoms with Gasteiger partial charge in [-0.1, -0.05) is 35.9 Å². The van der Waals surface area contributed by atoms with Gasteiger partial charge in [0.2, 0.25) is 0 Å². The first-order valence-corrected chi connectivity index (χ1v) is 8.58. The van der Waals surface area contributed by atoms with E-state index < -0.39 is 0 Å². The van der Waals surface area contributed by atoms with Crippen molar-refractivity contribution >= 4 is 23.3 Å². The fourth-order valence-corrected chi connectivity index (χ4v) is 3.15. The van der Waals surface area contributed by atoms with E-state index in [2.05, 4.69) is 16.7 Å². The summed E-state index contributed by atoms with van der Waals surface area (Å²) >= 11 is 5.86. The molecule has 0 saturated carbocycles. The number of amides is 2. The topological polar surface area (TPSA) is 61.4 Å². The molecule has 0 spiro atoms. The smallest absolute Gasteiger partial charge is 0.319 e. The lowest BCUT2D eigenvalue weighted by Crippen LogP contribution is -2.31. The molecule has 0 unspecified atom stereocenters. The van der Waals surface area contributed by atoms with E-state index in [0.717, 1.165) is 36.1 Å². The van der Waals surface area contributed by atoms with Gasteiger partial charge in [0.15, 0.2) is 0 Å². The van der Waals surface area contributed by atoms with Crippen molar-refractivity contribution in [2.24, 2.45) is 0 Å². The number of halogens is 1. The lowest BCUT2D eigenvalue weighted by molar-refractivity contribution is 0.159. The van der Waals surface area contributed by atoms with Crippen LogP contribution in [0.15, 0.2) is 42.5 Å². The van der Waals surface area contributed by atoms with Gasteiger partial charge in [0.05, 0.1) is 6.10 Å². The van der Waals surface area contributed by atoms with Crippen molar-refractivity contribution in [3.05, 3.63) is 64.2 Å². The monoisotopic (exact) mass is 344 g/mol. The first-order chi connectivity index (χ1) is 11.6. The number of fused-ring (bicyclic) bond motifs is 1. The van der Waals surface area contributed by atoms with E-state index in [9.17, 15) is 9.90 Å². The van der Waals surface area contributed by atoms with Crippen LogP contribution in [0.3, 0.4) is 0 Å². The number of urea groups is 1. The Hall–Kier alpha value is -2.04. The van der Waals surface area contributed by atoms with Gasteiger partial charge >= 0.3 is 6.03 Å². The van der Waals surface area contributed by atoms with Crippen LogP contribution in [-0.2, 0) is 19.3 Å². The molecule has 0 heterocycles. The molecular formula is C19H21ClN2O2. The van der Waals surface area contributed by atoms with Gasteiger partial charge in [-0.05, 0) is 54.2 Å². The van der Waals surface area contributed by atoms with Crippen molar-refractivity contribution in [3.8, 4) is 0 Å². The van der Waals surface area contributed by atoms with E-state index in [4.69, 9.17) is 11.6 Å². The largest absolute Gasteiger partial charge is 0.393 e. The number of anilines is 1. The summed E-state index contributed by atoms with van der Waals surface area (Å²) in [7, 11) is 0. The molecule has 1 aliphatic rings. The van der Waals surface area contributed by atoms with Crippen LogP contribution in [0, 0.1) is 0 Å². The highest BCUT2D eigenvalue weighted by Gasteiger charge is 2.19. The molecule has 2 aromatic carbocycles. The fourth-order valence-electron chi connectivity index (χ4n) is 3.02. The van der Waals surface area contributed by atoms with Gasteiger partial charge in [0.25, 0.3) is 0 Å². The molecule has 1 atom stereocenters. The molecule has 0 radical (unpaired) electrons. The molecule has 3 rings (SSSR count). The number of aliphatic hydroxyl groups excluding tert-OH is 1. The van der Waals surface area contributed by atoms with Crippen LogP contribution in [0.4, 0.5) is 10.5 Å². The van der Waals surface area contributed by atoms with Gasteiger partial charge in [0, 0.05) is 23.7 Å². The maximum atomic E-state index is 12.1. The van der Waals surface area contributed by atoms with Crippen molar-refractivity contribution in [2.45, 2.75) is 31.8 Å². The number of aliphatic hydroxyl groups is 1. The van der Waals surface area contributed by atoms with Crippen molar-refractivity contribution in [3.63, 3.8) is 0 Å². The second kappa shape index (κ2) is 7.69. The minimum Gasteiger partial charge on any atom is -0.393 e. The number of hydrogen-bond acceptors (Lipinski definition) is 2. The molecule has 0 bridgehead atoms. The molecule has 24 heavy (non-hydrogen) atoms. The van der Waals surface area contributed by atoms with Crippen molar-refractivity contribution in [1.29, 1.82) is 0 Å². The molecule has 4 nitrogen and oxygen atoms in total. The number of nitrogens with one attached hydrogen (secondary N) is 2. The summed E-state index contributed by atoms with van der Waals surface area (Å²) in [6.07, 6.45) is 2.65.